The summed E-state index contributed by atoms with van der Waals surface area (Å²) in [6.07, 6.45) is 0.645. The quantitative estimate of drug-likeness (QED) is 0.599. The molecule has 1 aliphatic rings. The van der Waals surface area contributed by atoms with E-state index in [0.717, 1.165) is 0 Å². The van der Waals surface area contributed by atoms with Gasteiger partial charge in [0.1, 0.15) is 6.20 Å². The molecular weight excluding hydrogens is 332 g/mol. The fraction of sp³-hybridized carbons (Fsp3) is 0.200. The molecule has 1 aromatic heterocycles. The monoisotopic (exact) mass is 344 g/mol. The number of amides is 1. The SMILES string of the molecule is O=C1C(Oc2cccnc2[N+](=O)[O-])CCN1c1cccc([N+](=O)[O-])c1. The molecule has 0 radical (unpaired) electrons. The maximum Gasteiger partial charge on any atom is 0.406 e. The van der Waals surface area contributed by atoms with Crippen molar-refractivity contribution >= 4 is 23.1 Å². The number of non-ortho nitro benzene ring substituents is 1. The summed E-state index contributed by atoms with van der Waals surface area (Å²) in [6.45, 7) is 0.290. The Morgan fingerprint density at radius 2 is 1.96 bits per heavy atom. The van der Waals surface area contributed by atoms with Crippen LogP contribution in [0.1, 0.15) is 6.42 Å². The van der Waals surface area contributed by atoms with Crippen LogP contribution in [-0.2, 0) is 4.79 Å². The molecule has 0 spiro atoms. The van der Waals surface area contributed by atoms with Crippen LogP contribution < -0.4 is 9.64 Å². The number of hydrogen-bond acceptors (Lipinski definition) is 7. The molecule has 1 unspecified atom stereocenters. The van der Waals surface area contributed by atoms with Gasteiger partial charge in [0, 0.05) is 25.1 Å². The zero-order valence-corrected chi connectivity index (χ0v) is 12.8. The summed E-state index contributed by atoms with van der Waals surface area (Å²) in [7, 11) is 0. The van der Waals surface area contributed by atoms with Crippen LogP contribution in [0, 0.1) is 20.2 Å². The average molecular weight is 344 g/mol. The van der Waals surface area contributed by atoms with Crippen molar-refractivity contribution in [2.75, 3.05) is 11.4 Å². The van der Waals surface area contributed by atoms with Crippen LogP contribution in [0.15, 0.2) is 42.6 Å². The molecule has 0 bridgehead atoms. The highest BCUT2D eigenvalue weighted by atomic mass is 16.6. The highest BCUT2D eigenvalue weighted by Gasteiger charge is 2.36. The van der Waals surface area contributed by atoms with E-state index in [2.05, 4.69) is 4.98 Å². The van der Waals surface area contributed by atoms with Crippen molar-refractivity contribution in [3.63, 3.8) is 0 Å². The zero-order chi connectivity index (χ0) is 18.0. The van der Waals surface area contributed by atoms with Gasteiger partial charge in [-0.25, -0.2) is 0 Å². The van der Waals surface area contributed by atoms with E-state index in [9.17, 15) is 25.0 Å². The lowest BCUT2D eigenvalue weighted by Gasteiger charge is -2.17. The van der Waals surface area contributed by atoms with Gasteiger partial charge in [0.15, 0.2) is 6.10 Å². The van der Waals surface area contributed by atoms with E-state index in [1.165, 1.54) is 41.4 Å². The van der Waals surface area contributed by atoms with Crippen LogP contribution in [0.2, 0.25) is 0 Å². The molecule has 1 saturated heterocycles. The second kappa shape index (κ2) is 6.51. The molecule has 1 aliphatic heterocycles. The van der Waals surface area contributed by atoms with Gasteiger partial charge in [-0.05, 0) is 28.1 Å². The first-order valence-electron chi connectivity index (χ1n) is 7.29. The van der Waals surface area contributed by atoms with E-state index in [-0.39, 0.29) is 11.4 Å². The molecule has 2 heterocycles. The Morgan fingerprint density at radius 1 is 1.16 bits per heavy atom. The molecule has 1 atom stereocenters. The average Bonchev–Trinajstić information content (AvgIpc) is 2.96. The smallest absolute Gasteiger partial charge is 0.406 e. The Labute approximate surface area is 141 Å². The lowest BCUT2D eigenvalue weighted by molar-refractivity contribution is -0.390. The van der Waals surface area contributed by atoms with Crippen molar-refractivity contribution in [3.05, 3.63) is 62.8 Å². The molecule has 1 aromatic carbocycles. The van der Waals surface area contributed by atoms with Crippen LogP contribution in [-0.4, -0.2) is 33.4 Å². The van der Waals surface area contributed by atoms with Gasteiger partial charge in [-0.15, -0.1) is 0 Å². The summed E-state index contributed by atoms with van der Waals surface area (Å²) in [4.78, 5) is 38.1. The van der Waals surface area contributed by atoms with E-state index >= 15 is 0 Å². The van der Waals surface area contributed by atoms with Crippen molar-refractivity contribution in [2.45, 2.75) is 12.5 Å². The number of aromatic nitrogens is 1. The van der Waals surface area contributed by atoms with Crippen LogP contribution >= 0.6 is 0 Å². The minimum Gasteiger partial charge on any atom is -0.472 e. The topological polar surface area (TPSA) is 129 Å². The van der Waals surface area contributed by atoms with E-state index in [1.54, 1.807) is 6.07 Å². The van der Waals surface area contributed by atoms with Crippen molar-refractivity contribution in [3.8, 4) is 5.75 Å². The van der Waals surface area contributed by atoms with Gasteiger partial charge in [-0.2, -0.15) is 0 Å². The minimum atomic E-state index is -0.915. The van der Waals surface area contributed by atoms with Gasteiger partial charge in [0.2, 0.25) is 5.75 Å². The maximum atomic E-state index is 12.5. The fourth-order valence-electron chi connectivity index (χ4n) is 2.56. The van der Waals surface area contributed by atoms with Crippen molar-refractivity contribution in [1.29, 1.82) is 0 Å². The number of anilines is 1. The van der Waals surface area contributed by atoms with Gasteiger partial charge in [0.05, 0.1) is 10.6 Å². The van der Waals surface area contributed by atoms with Gasteiger partial charge in [-0.3, -0.25) is 14.9 Å². The number of rotatable bonds is 5. The van der Waals surface area contributed by atoms with Crippen LogP contribution in [0.3, 0.4) is 0 Å². The Morgan fingerprint density at radius 3 is 2.68 bits per heavy atom. The Bertz CT molecular complexity index is 855. The summed E-state index contributed by atoms with van der Waals surface area (Å²) < 4.78 is 5.48. The summed E-state index contributed by atoms with van der Waals surface area (Å²) in [5, 5.41) is 21.8. The van der Waals surface area contributed by atoms with Gasteiger partial charge in [0.25, 0.3) is 11.6 Å². The van der Waals surface area contributed by atoms with E-state index < -0.39 is 27.7 Å². The molecule has 1 fully saturated rings. The number of nitro benzene ring substituents is 1. The normalized spacial score (nSPS) is 16.7. The highest BCUT2D eigenvalue weighted by molar-refractivity contribution is 5.99. The number of carbonyl (C=O) groups excluding carboxylic acids is 1. The lowest BCUT2D eigenvalue weighted by atomic mass is 10.2. The molecule has 128 valence electrons. The third-order valence-electron chi connectivity index (χ3n) is 3.70. The third-order valence-corrected chi connectivity index (χ3v) is 3.70. The minimum absolute atomic E-state index is 0.0910. The Hall–Kier alpha value is -3.56. The van der Waals surface area contributed by atoms with E-state index in [1.807, 2.05) is 0 Å². The van der Waals surface area contributed by atoms with Crippen LogP contribution in [0.5, 0.6) is 5.75 Å². The number of nitrogens with zero attached hydrogens (tertiary/aromatic N) is 4. The van der Waals surface area contributed by atoms with Crippen LogP contribution in [0.4, 0.5) is 17.2 Å². The number of hydrogen-bond donors (Lipinski definition) is 0. The summed E-state index contributed by atoms with van der Waals surface area (Å²) in [5.74, 6) is -0.977. The predicted molar refractivity (Wildman–Crippen MR) is 85.4 cm³/mol. The highest BCUT2D eigenvalue weighted by Crippen LogP contribution is 2.30. The number of pyridine rings is 1. The molecule has 10 nitrogen and oxygen atoms in total. The standard InChI is InChI=1S/C15H12N4O6/c20-15-13(25-12-5-2-7-16-14(12)19(23)24)6-8-17(15)10-3-1-4-11(9-10)18(21)22/h1-5,7,9,13H,6,8H2. The molecule has 1 amide bonds. The molecule has 3 rings (SSSR count). The van der Waals surface area contributed by atoms with Gasteiger partial charge < -0.3 is 19.8 Å². The first kappa shape index (κ1) is 16.3. The number of benzene rings is 1. The fourth-order valence-corrected chi connectivity index (χ4v) is 2.56. The first-order valence-corrected chi connectivity index (χ1v) is 7.29. The Balaban J connectivity index is 1.80. The van der Waals surface area contributed by atoms with Crippen molar-refractivity contribution in [1.82, 2.24) is 4.98 Å². The summed E-state index contributed by atoms with van der Waals surface area (Å²) in [5.41, 5.74) is 0.253. The summed E-state index contributed by atoms with van der Waals surface area (Å²) >= 11 is 0. The number of carbonyl (C=O) groups is 1. The van der Waals surface area contributed by atoms with E-state index in [0.29, 0.717) is 18.7 Å². The Kier molecular flexibility index (Phi) is 4.25. The molecule has 10 heteroatoms. The predicted octanol–water partition coefficient (Wildman–Crippen LogP) is 2.08. The maximum absolute atomic E-state index is 12.5. The molecule has 0 N–H and O–H groups in total. The second-order valence-electron chi connectivity index (χ2n) is 5.24. The van der Waals surface area contributed by atoms with Crippen LogP contribution in [0.25, 0.3) is 0 Å². The number of ether oxygens (including phenoxy) is 1. The largest absolute Gasteiger partial charge is 0.472 e. The molecule has 0 saturated carbocycles. The molecular formula is C15H12N4O6. The van der Waals surface area contributed by atoms with Gasteiger partial charge >= 0.3 is 5.82 Å². The third kappa shape index (κ3) is 3.22. The lowest BCUT2D eigenvalue weighted by Crippen LogP contribution is -2.32. The molecule has 25 heavy (non-hydrogen) atoms. The first-order chi connectivity index (χ1) is 12.0. The molecule has 0 aliphatic carbocycles. The van der Waals surface area contributed by atoms with E-state index in [4.69, 9.17) is 4.74 Å². The summed E-state index contributed by atoms with van der Waals surface area (Å²) in [6, 6.07) is 8.54. The molecule has 2 aromatic rings. The van der Waals surface area contributed by atoms with Crippen molar-refractivity contribution < 1.29 is 19.4 Å². The van der Waals surface area contributed by atoms with Gasteiger partial charge in [-0.1, -0.05) is 6.07 Å². The zero-order valence-electron chi connectivity index (χ0n) is 12.8. The number of nitro groups is 2. The second-order valence-corrected chi connectivity index (χ2v) is 5.24. The van der Waals surface area contributed by atoms with Crippen molar-refractivity contribution in [2.24, 2.45) is 0 Å².